The molecule has 0 fully saturated rings. The van der Waals surface area contributed by atoms with Crippen LogP contribution in [0, 0.1) is 0 Å². The van der Waals surface area contributed by atoms with Crippen molar-refractivity contribution in [3.05, 3.63) is 258 Å². The number of fused-ring (bicyclic) bond motifs is 15. The molecule has 0 unspecified atom stereocenters. The summed E-state index contributed by atoms with van der Waals surface area (Å²) in [6.45, 7) is 14.0. The van der Waals surface area contributed by atoms with Gasteiger partial charge in [0.25, 0.3) is 0 Å². The van der Waals surface area contributed by atoms with E-state index in [4.69, 9.17) is 4.42 Å². The van der Waals surface area contributed by atoms with Crippen molar-refractivity contribution in [3.63, 3.8) is 0 Å². The Morgan fingerprint density at radius 1 is 0.342 bits per heavy atom. The minimum absolute atomic E-state index is 0.00314. The number of para-hydroxylation sites is 1. The van der Waals surface area contributed by atoms with Crippen LogP contribution in [0.25, 0.3) is 88.0 Å². The van der Waals surface area contributed by atoms with Gasteiger partial charge in [-0.15, -0.1) is 0 Å². The van der Waals surface area contributed by atoms with E-state index in [9.17, 15) is 0 Å². The first-order chi connectivity index (χ1) is 35.4. The first-order valence-electron chi connectivity index (χ1n) is 25.8. The number of hydrogen-bond donors (Lipinski definition) is 0. The lowest BCUT2D eigenvalue weighted by Gasteiger charge is -2.33. The maximum atomic E-state index is 6.59. The predicted octanol–water partition coefficient (Wildman–Crippen LogP) is 19.6. The molecule has 2 nitrogen and oxygen atoms in total. The average Bonchev–Trinajstić information content (AvgIpc) is 4.04. The van der Waals surface area contributed by atoms with Crippen LogP contribution in [0.3, 0.4) is 0 Å². The lowest BCUT2D eigenvalue weighted by Crippen LogP contribution is -2.26. The molecule has 1 aromatic heterocycles. The van der Waals surface area contributed by atoms with Crippen molar-refractivity contribution in [1.82, 2.24) is 0 Å². The minimum atomic E-state index is -0.518. The van der Waals surface area contributed by atoms with Gasteiger partial charge in [0.1, 0.15) is 11.2 Å². The van der Waals surface area contributed by atoms with Crippen molar-refractivity contribution in [3.8, 4) is 44.5 Å². The second-order valence-corrected chi connectivity index (χ2v) is 22.5. The summed E-state index contributed by atoms with van der Waals surface area (Å²) in [4.78, 5) is 2.46. The number of benzene rings is 11. The Labute approximate surface area is 427 Å². The number of rotatable bonds is 5. The van der Waals surface area contributed by atoms with Crippen molar-refractivity contribution in [1.29, 1.82) is 0 Å². The van der Waals surface area contributed by atoms with Gasteiger partial charge in [-0.3, -0.25) is 0 Å². The van der Waals surface area contributed by atoms with E-state index in [1.807, 2.05) is 0 Å². The molecule has 12 aromatic rings. The van der Waals surface area contributed by atoms with E-state index in [1.165, 1.54) is 99.4 Å². The number of nitrogens with zero attached hydrogens (tertiary/aromatic N) is 1. The number of hydrogen-bond acceptors (Lipinski definition) is 2. The third kappa shape index (κ3) is 6.63. The summed E-state index contributed by atoms with van der Waals surface area (Å²) in [7, 11) is 0. The smallest absolute Gasteiger partial charge is 0.137 e. The molecule has 2 aliphatic carbocycles. The van der Waals surface area contributed by atoms with E-state index in [2.05, 4.69) is 271 Å². The van der Waals surface area contributed by atoms with Gasteiger partial charge in [0, 0.05) is 16.8 Å². The first-order valence-corrected chi connectivity index (χ1v) is 25.8. The molecule has 0 N–H and O–H groups in total. The van der Waals surface area contributed by atoms with Crippen LogP contribution >= 0.6 is 0 Å². The third-order valence-electron chi connectivity index (χ3n) is 16.2. The second-order valence-electron chi connectivity index (χ2n) is 22.5. The largest absolute Gasteiger partial charge is 0.456 e. The van der Waals surface area contributed by atoms with E-state index in [0.717, 1.165) is 39.0 Å². The van der Waals surface area contributed by atoms with Gasteiger partial charge >= 0.3 is 0 Å². The van der Waals surface area contributed by atoms with Gasteiger partial charge < -0.3 is 9.32 Å². The molecule has 2 aliphatic rings. The molecule has 73 heavy (non-hydrogen) atoms. The summed E-state index contributed by atoms with van der Waals surface area (Å²) in [6, 6.07) is 84.2. The Balaban J connectivity index is 0.936. The molecule has 0 atom stereocenters. The molecular formula is C71H55NO. The molecule has 2 heteroatoms. The molecule has 14 rings (SSSR count). The van der Waals surface area contributed by atoms with Crippen LogP contribution in [0.15, 0.2) is 229 Å². The Morgan fingerprint density at radius 2 is 0.849 bits per heavy atom. The Hall–Kier alpha value is -8.46. The van der Waals surface area contributed by atoms with Gasteiger partial charge in [-0.25, -0.2) is 0 Å². The summed E-state index contributed by atoms with van der Waals surface area (Å²) in [5.74, 6) is 0. The van der Waals surface area contributed by atoms with Crippen LogP contribution < -0.4 is 4.90 Å². The topological polar surface area (TPSA) is 16.4 Å². The van der Waals surface area contributed by atoms with Crippen LogP contribution in [0.1, 0.15) is 74.9 Å². The van der Waals surface area contributed by atoms with Crippen LogP contribution in [0.2, 0.25) is 0 Å². The fourth-order valence-electron chi connectivity index (χ4n) is 12.4. The van der Waals surface area contributed by atoms with Crippen LogP contribution in [-0.2, 0) is 16.2 Å². The molecule has 0 bridgehead atoms. The summed E-state index contributed by atoms with van der Waals surface area (Å²) >= 11 is 0. The minimum Gasteiger partial charge on any atom is -0.456 e. The molecule has 0 aliphatic heterocycles. The van der Waals surface area contributed by atoms with Crippen molar-refractivity contribution in [2.24, 2.45) is 0 Å². The van der Waals surface area contributed by atoms with Gasteiger partial charge in [0.2, 0.25) is 0 Å². The lowest BCUT2D eigenvalue weighted by molar-refractivity contribution is 0.589. The summed E-state index contributed by atoms with van der Waals surface area (Å²) in [6.07, 6.45) is 0. The van der Waals surface area contributed by atoms with E-state index < -0.39 is 5.41 Å². The van der Waals surface area contributed by atoms with E-state index in [1.54, 1.807) is 0 Å². The molecule has 1 spiro atoms. The highest BCUT2D eigenvalue weighted by Gasteiger charge is 2.52. The van der Waals surface area contributed by atoms with Gasteiger partial charge in [-0.05, 0) is 171 Å². The van der Waals surface area contributed by atoms with Gasteiger partial charge in [0.05, 0.1) is 16.5 Å². The van der Waals surface area contributed by atoms with Crippen LogP contribution in [0.4, 0.5) is 17.1 Å². The monoisotopic (exact) mass is 937 g/mol. The summed E-state index contributed by atoms with van der Waals surface area (Å²) in [5, 5.41) is 7.16. The van der Waals surface area contributed by atoms with Crippen LogP contribution in [0.5, 0.6) is 0 Å². The molecule has 0 amide bonds. The number of furan rings is 1. The van der Waals surface area contributed by atoms with Crippen molar-refractivity contribution in [2.45, 2.75) is 57.8 Å². The first kappa shape index (κ1) is 43.3. The molecule has 0 saturated carbocycles. The molecular weight excluding hydrogens is 883 g/mol. The van der Waals surface area contributed by atoms with Crippen molar-refractivity contribution >= 4 is 60.5 Å². The molecule has 11 aromatic carbocycles. The molecule has 350 valence electrons. The van der Waals surface area contributed by atoms with Crippen LogP contribution in [-0.4, -0.2) is 0 Å². The second kappa shape index (κ2) is 15.8. The quantitative estimate of drug-likeness (QED) is 0.171. The zero-order valence-electron chi connectivity index (χ0n) is 42.2. The maximum Gasteiger partial charge on any atom is 0.137 e. The Kier molecular flexibility index (Phi) is 9.36. The Bertz CT molecular complexity index is 4170. The predicted molar refractivity (Wildman–Crippen MR) is 308 cm³/mol. The molecule has 0 radical (unpaired) electrons. The summed E-state index contributed by atoms with van der Waals surface area (Å²) < 4.78 is 6.59. The van der Waals surface area contributed by atoms with Gasteiger partial charge in [0.15, 0.2) is 0 Å². The Morgan fingerprint density at radius 3 is 1.52 bits per heavy atom. The van der Waals surface area contributed by atoms with E-state index in [0.29, 0.717) is 0 Å². The third-order valence-corrected chi connectivity index (χ3v) is 16.2. The average molecular weight is 938 g/mol. The fraction of sp³-hybridized carbons (Fsp3) is 0.127. The zero-order chi connectivity index (χ0) is 49.4. The van der Waals surface area contributed by atoms with Gasteiger partial charge in [-0.2, -0.15) is 0 Å². The fourth-order valence-corrected chi connectivity index (χ4v) is 12.4. The van der Waals surface area contributed by atoms with Crippen molar-refractivity contribution in [2.75, 3.05) is 4.90 Å². The number of anilines is 3. The molecule has 0 saturated heterocycles. The standard InChI is InChI=1S/C71H55NO/c1-69(2,3)52-30-36-62-59(41-52)60-42-53(70(4,5)6)31-37-63(60)71(62)61-18-11-9-16-56(61)57-35-34-55(43-64(57)71)72(65-19-13-21-67-68(65)58-17-10-12-20-66(58)73-67)54-32-28-45(29-33-54)47-24-25-50-40-51(27-26-49(50)39-47)48-23-22-44-14-7-8-15-46(44)38-48/h7-43H,1-6H3. The highest BCUT2D eigenvalue weighted by atomic mass is 16.3. The van der Waals surface area contributed by atoms with E-state index in [-0.39, 0.29) is 10.8 Å². The lowest BCUT2D eigenvalue weighted by atomic mass is 9.70. The highest BCUT2D eigenvalue weighted by Crippen LogP contribution is 2.64. The maximum absolute atomic E-state index is 6.59. The SMILES string of the molecule is CC(C)(C)c1ccc2c(c1)-c1cc(C(C)(C)C)ccc1C21c2ccccc2-c2ccc(N(c3ccc(-c4ccc5cc(-c6ccc7ccccc7c6)ccc5c4)cc3)c3cccc4oc5ccccc5c34)cc21. The van der Waals surface area contributed by atoms with Crippen molar-refractivity contribution < 1.29 is 4.42 Å². The highest BCUT2D eigenvalue weighted by molar-refractivity contribution is 6.13. The normalized spacial score (nSPS) is 13.5. The molecule has 1 heterocycles. The zero-order valence-corrected chi connectivity index (χ0v) is 42.2. The van der Waals surface area contributed by atoms with E-state index >= 15 is 0 Å². The summed E-state index contributed by atoms with van der Waals surface area (Å²) in [5.41, 5.74) is 22.6. The van der Waals surface area contributed by atoms with Gasteiger partial charge in [-0.1, -0.05) is 205 Å².